The molecule has 0 spiro atoms. The van der Waals surface area contributed by atoms with Crippen LogP contribution in [0.4, 0.5) is 8.78 Å². The van der Waals surface area contributed by atoms with Crippen LogP contribution in [0.5, 0.6) is 0 Å². The SMILES string of the molecule is CC1CC1CCC(=O)N1CCCC1.NC(=O)c1cc2cc(C(F)(F)P(O)O)ccc2s1.O=CN1CC(c2nccs2)C1. The molecule has 6 rings (SSSR count). The fraction of sp³-hybridized carbons (Fsp3) is 0.500. The van der Waals surface area contributed by atoms with E-state index < -0.39 is 25.5 Å². The molecule has 2 unspecified atom stereocenters. The summed E-state index contributed by atoms with van der Waals surface area (Å²) in [5.41, 5.74) is 0.900. The number of benzene rings is 1. The number of nitrogens with zero attached hydrogens (tertiary/aromatic N) is 3. The van der Waals surface area contributed by atoms with E-state index in [2.05, 4.69) is 11.9 Å². The van der Waals surface area contributed by atoms with Gasteiger partial charge in [-0.1, -0.05) is 13.0 Å². The lowest BCUT2D eigenvalue weighted by molar-refractivity contribution is -0.130. The predicted molar refractivity (Wildman–Crippen MR) is 160 cm³/mol. The second-order valence-electron chi connectivity index (χ2n) is 10.8. The monoisotopic (exact) mass is 640 g/mol. The van der Waals surface area contributed by atoms with Gasteiger partial charge in [0, 0.05) is 60.4 Å². The molecule has 4 N–H and O–H groups in total. The lowest BCUT2D eigenvalue weighted by Gasteiger charge is -2.34. The van der Waals surface area contributed by atoms with Crippen molar-refractivity contribution in [2.24, 2.45) is 17.6 Å². The number of amides is 3. The number of fused-ring (bicyclic) bond motifs is 1. The second kappa shape index (κ2) is 14.3. The van der Waals surface area contributed by atoms with Crippen molar-refractivity contribution in [1.82, 2.24) is 14.8 Å². The standard InChI is InChI=1S/C11H19NO.C10H8F2NO3PS.C7H8N2OS/c1-9-8-10(9)4-5-11(13)12-6-2-3-7-12;11-10(12,17(15)16)6-1-2-7-5(3-6)4-8(18-7)9(13)14;10-5-9-3-6(4-9)7-8-1-2-11-7/h9-10H,2-8H2,1H3;1-4,15-16H,(H2,13,14);1-2,5-6H,3-4H2. The molecule has 3 aromatic rings. The Morgan fingerprint density at radius 1 is 1.21 bits per heavy atom. The summed E-state index contributed by atoms with van der Waals surface area (Å²) >= 11 is 2.76. The van der Waals surface area contributed by atoms with Crippen molar-refractivity contribution in [2.45, 2.75) is 50.6 Å². The normalized spacial score (nSPS) is 20.0. The minimum absolute atomic E-state index is 0.265. The fourth-order valence-electron chi connectivity index (χ4n) is 4.89. The van der Waals surface area contributed by atoms with Crippen LogP contribution < -0.4 is 5.73 Å². The molecule has 2 aromatic heterocycles. The number of halogens is 2. The summed E-state index contributed by atoms with van der Waals surface area (Å²) in [6, 6.07) is 5.03. The molecule has 3 aliphatic rings. The first-order valence-electron chi connectivity index (χ1n) is 13.8. The van der Waals surface area contributed by atoms with Crippen molar-refractivity contribution in [2.75, 3.05) is 26.2 Å². The minimum Gasteiger partial charge on any atom is -0.365 e. The highest BCUT2D eigenvalue weighted by molar-refractivity contribution is 7.46. The molecule has 0 bridgehead atoms. The summed E-state index contributed by atoms with van der Waals surface area (Å²) in [6.07, 6.45) is 8.42. The number of thiazole rings is 1. The third kappa shape index (κ3) is 8.29. The average Bonchev–Trinajstić information content (AvgIpc) is 3.45. The number of carbonyl (C=O) groups excluding carboxylic acids is 3. The van der Waals surface area contributed by atoms with Gasteiger partial charge in [0.25, 0.3) is 5.91 Å². The van der Waals surface area contributed by atoms with Gasteiger partial charge < -0.3 is 25.3 Å². The molecule has 14 heteroatoms. The smallest absolute Gasteiger partial charge is 0.339 e. The zero-order chi connectivity index (χ0) is 30.4. The van der Waals surface area contributed by atoms with Gasteiger partial charge in [0.1, 0.15) is 0 Å². The van der Waals surface area contributed by atoms with Gasteiger partial charge in [0.05, 0.1) is 9.88 Å². The van der Waals surface area contributed by atoms with Gasteiger partial charge >= 0.3 is 5.66 Å². The summed E-state index contributed by atoms with van der Waals surface area (Å²) in [5, 5.41) is 3.55. The van der Waals surface area contributed by atoms with Crippen molar-refractivity contribution in [3.63, 3.8) is 0 Å². The molecule has 3 amide bonds. The van der Waals surface area contributed by atoms with Crippen LogP contribution in [0.1, 0.15) is 65.2 Å². The van der Waals surface area contributed by atoms with E-state index in [9.17, 15) is 23.2 Å². The average molecular weight is 641 g/mol. The van der Waals surface area contributed by atoms with Crippen molar-refractivity contribution < 1.29 is 33.0 Å². The number of carbonyl (C=O) groups is 3. The van der Waals surface area contributed by atoms with Crippen LogP contribution in [-0.2, 0) is 15.3 Å². The highest BCUT2D eigenvalue weighted by atomic mass is 32.1. The molecular weight excluding hydrogens is 605 g/mol. The topological polar surface area (TPSA) is 137 Å². The summed E-state index contributed by atoms with van der Waals surface area (Å²) in [4.78, 5) is 58.4. The molecule has 42 heavy (non-hydrogen) atoms. The molecule has 3 fully saturated rings. The van der Waals surface area contributed by atoms with Crippen molar-refractivity contribution >= 4 is 59.4 Å². The molecule has 2 saturated heterocycles. The third-order valence-electron chi connectivity index (χ3n) is 7.68. The number of likely N-dealkylation sites (tertiary alicyclic amines) is 2. The lowest BCUT2D eigenvalue weighted by Crippen LogP contribution is -2.43. The second-order valence-corrected chi connectivity index (χ2v) is 13.9. The van der Waals surface area contributed by atoms with Crippen molar-refractivity contribution in [1.29, 1.82) is 0 Å². The molecular formula is C28H35F2N4O5PS2. The summed E-state index contributed by atoms with van der Waals surface area (Å²) in [6.45, 7) is 6.00. The number of hydrogen-bond acceptors (Lipinski definition) is 8. The van der Waals surface area contributed by atoms with Crippen LogP contribution in [0.2, 0.25) is 0 Å². The maximum atomic E-state index is 13.4. The Labute approximate surface area is 252 Å². The fourth-order valence-corrected chi connectivity index (χ4v) is 6.88. The molecule has 2 atom stereocenters. The number of alkyl halides is 2. The van der Waals surface area contributed by atoms with E-state index in [4.69, 9.17) is 15.5 Å². The lowest BCUT2D eigenvalue weighted by atomic mass is 10.0. The van der Waals surface area contributed by atoms with Crippen LogP contribution in [0, 0.1) is 11.8 Å². The quantitative estimate of drug-likeness (QED) is 0.232. The number of thiophene rings is 1. The zero-order valence-corrected chi connectivity index (χ0v) is 25.7. The van der Waals surface area contributed by atoms with Crippen LogP contribution in [0.15, 0.2) is 35.8 Å². The van der Waals surface area contributed by atoms with Crippen molar-refractivity contribution in [3.05, 3.63) is 51.3 Å². The Balaban J connectivity index is 0.000000150. The van der Waals surface area contributed by atoms with Gasteiger partial charge in [0.2, 0.25) is 20.7 Å². The van der Waals surface area contributed by atoms with Gasteiger partial charge in [-0.05, 0) is 61.1 Å². The van der Waals surface area contributed by atoms with E-state index in [1.54, 1.807) is 16.2 Å². The third-order valence-corrected chi connectivity index (χ3v) is 10.5. The van der Waals surface area contributed by atoms with E-state index in [1.807, 2.05) is 16.5 Å². The largest absolute Gasteiger partial charge is 0.365 e. The number of rotatable bonds is 8. The molecule has 0 radical (unpaired) electrons. The van der Waals surface area contributed by atoms with E-state index in [0.717, 1.165) is 85.7 Å². The first-order chi connectivity index (χ1) is 20.0. The highest BCUT2D eigenvalue weighted by Crippen LogP contribution is 2.53. The van der Waals surface area contributed by atoms with Crippen molar-refractivity contribution in [3.8, 4) is 0 Å². The number of hydrogen-bond donors (Lipinski definition) is 3. The zero-order valence-electron chi connectivity index (χ0n) is 23.2. The maximum absolute atomic E-state index is 13.4. The predicted octanol–water partition coefficient (Wildman–Crippen LogP) is 5.09. The Bertz CT molecular complexity index is 1360. The molecule has 2 aliphatic heterocycles. The van der Waals surface area contributed by atoms with Crippen LogP contribution in [0.25, 0.3) is 10.1 Å². The number of nitrogens with two attached hydrogens (primary N) is 1. The van der Waals surface area contributed by atoms with Crippen LogP contribution in [-0.4, -0.2) is 69.0 Å². The van der Waals surface area contributed by atoms with Crippen LogP contribution in [0.3, 0.4) is 0 Å². The number of aromatic nitrogens is 1. The summed E-state index contributed by atoms with van der Waals surface area (Å²) in [5.74, 6) is 2.03. The van der Waals surface area contributed by atoms with E-state index in [1.165, 1.54) is 31.4 Å². The van der Waals surface area contributed by atoms with Gasteiger partial charge in [-0.2, -0.15) is 8.78 Å². The van der Waals surface area contributed by atoms with Crippen LogP contribution >= 0.6 is 31.0 Å². The molecule has 228 valence electrons. The summed E-state index contributed by atoms with van der Waals surface area (Å²) in [7, 11) is -3.40. The molecule has 1 aromatic carbocycles. The Hall–Kier alpha value is -2.57. The van der Waals surface area contributed by atoms with E-state index in [0.29, 0.717) is 21.9 Å². The first kappa shape index (κ1) is 32.3. The summed E-state index contributed by atoms with van der Waals surface area (Å²) < 4.78 is 27.5. The van der Waals surface area contributed by atoms with Gasteiger partial charge in [0.15, 0.2) is 0 Å². The van der Waals surface area contributed by atoms with Gasteiger partial charge in [-0.25, -0.2) is 4.98 Å². The molecule has 9 nitrogen and oxygen atoms in total. The Kier molecular flexibility index (Phi) is 11.0. The molecule has 1 saturated carbocycles. The first-order valence-corrected chi connectivity index (χ1v) is 16.7. The van der Waals surface area contributed by atoms with E-state index in [-0.39, 0.29) is 4.88 Å². The molecule has 1 aliphatic carbocycles. The minimum atomic E-state index is -3.70. The maximum Gasteiger partial charge on any atom is 0.339 e. The van der Waals surface area contributed by atoms with Gasteiger partial charge in [-0.3, -0.25) is 14.4 Å². The highest BCUT2D eigenvalue weighted by Gasteiger charge is 2.41. The Morgan fingerprint density at radius 2 is 1.90 bits per heavy atom. The van der Waals surface area contributed by atoms with E-state index >= 15 is 0 Å². The van der Waals surface area contributed by atoms with Gasteiger partial charge in [-0.15, -0.1) is 22.7 Å². The molecule has 4 heterocycles. The number of primary amides is 1. The Morgan fingerprint density at radius 3 is 2.45 bits per heavy atom.